The Kier molecular flexibility index (Phi) is 6.11. The van der Waals surface area contributed by atoms with Crippen molar-refractivity contribution in [1.82, 2.24) is 9.80 Å². The fourth-order valence-corrected chi connectivity index (χ4v) is 3.81. The van der Waals surface area contributed by atoms with Crippen LogP contribution in [0.15, 0.2) is 51.7 Å². The zero-order chi connectivity index (χ0) is 21.3. The predicted molar refractivity (Wildman–Crippen MR) is 121 cm³/mol. The third-order valence-corrected chi connectivity index (χ3v) is 5.69. The molecule has 0 bridgehead atoms. The number of nitrogens with one attached hydrogen (secondary N) is 1. The Labute approximate surface area is 184 Å². The molecule has 30 heavy (non-hydrogen) atoms. The van der Waals surface area contributed by atoms with Crippen LogP contribution in [0.2, 0.25) is 10.0 Å². The van der Waals surface area contributed by atoms with E-state index in [4.69, 9.17) is 27.6 Å². The molecule has 1 saturated heterocycles. The monoisotopic (exact) mass is 445 g/mol. The first-order chi connectivity index (χ1) is 14.4. The summed E-state index contributed by atoms with van der Waals surface area (Å²) in [5.74, 6) is -0.109. The minimum atomic E-state index is -0.268. The van der Waals surface area contributed by atoms with Crippen LogP contribution in [0.1, 0.15) is 0 Å². The lowest BCUT2D eigenvalue weighted by Gasteiger charge is -2.31. The summed E-state index contributed by atoms with van der Waals surface area (Å²) in [6.45, 7) is 3.68. The van der Waals surface area contributed by atoms with E-state index in [0.29, 0.717) is 26.6 Å². The third kappa shape index (κ3) is 4.52. The number of carbonyl (C=O) groups is 1. The molecular formula is C22H21Cl2N3O3. The van der Waals surface area contributed by atoms with Crippen LogP contribution in [0.4, 0.5) is 5.88 Å². The zero-order valence-corrected chi connectivity index (χ0v) is 18.0. The standard InChI is InChI=1S/C22H21Cl2N3O3/c1-26-8-10-27(11-9-26)13-19(28)25-22-20(14-2-4-15(23)5-3-14)21(29)17-12-16(24)6-7-18(17)30-22/h2-7,12H,8-11,13H2,1H3,(H,25,28). The molecule has 0 atom stereocenters. The summed E-state index contributed by atoms with van der Waals surface area (Å²) in [5.41, 5.74) is 0.964. The summed E-state index contributed by atoms with van der Waals surface area (Å²) in [4.78, 5) is 30.3. The molecule has 1 aromatic heterocycles. The molecule has 1 amide bonds. The number of halogens is 2. The molecule has 0 aliphatic carbocycles. The Hall–Kier alpha value is -2.38. The molecule has 1 aliphatic heterocycles. The molecule has 1 N–H and O–H groups in total. The van der Waals surface area contributed by atoms with E-state index in [-0.39, 0.29) is 29.3 Å². The van der Waals surface area contributed by atoms with Gasteiger partial charge in [0.1, 0.15) is 5.58 Å². The highest BCUT2D eigenvalue weighted by molar-refractivity contribution is 6.31. The maximum Gasteiger partial charge on any atom is 0.240 e. The number of hydrogen-bond acceptors (Lipinski definition) is 5. The van der Waals surface area contributed by atoms with E-state index in [1.807, 2.05) is 0 Å². The second-order valence-electron chi connectivity index (χ2n) is 7.41. The minimum absolute atomic E-state index is 0.122. The first-order valence-corrected chi connectivity index (χ1v) is 10.4. The average Bonchev–Trinajstić information content (AvgIpc) is 2.72. The van der Waals surface area contributed by atoms with E-state index < -0.39 is 0 Å². The zero-order valence-electron chi connectivity index (χ0n) is 16.5. The van der Waals surface area contributed by atoms with Crippen LogP contribution in [-0.4, -0.2) is 55.5 Å². The summed E-state index contributed by atoms with van der Waals surface area (Å²) in [6, 6.07) is 11.7. The topological polar surface area (TPSA) is 65.8 Å². The first-order valence-electron chi connectivity index (χ1n) is 9.64. The summed E-state index contributed by atoms with van der Waals surface area (Å²) >= 11 is 12.1. The van der Waals surface area contributed by atoms with Crippen molar-refractivity contribution in [1.29, 1.82) is 0 Å². The predicted octanol–water partition coefficient (Wildman–Crippen LogP) is 3.95. The van der Waals surface area contributed by atoms with Gasteiger partial charge >= 0.3 is 0 Å². The Morgan fingerprint density at radius 3 is 2.40 bits per heavy atom. The number of amides is 1. The fraction of sp³-hybridized carbons (Fsp3) is 0.273. The van der Waals surface area contributed by atoms with Crippen LogP contribution in [0.5, 0.6) is 0 Å². The molecule has 1 fully saturated rings. The highest BCUT2D eigenvalue weighted by Gasteiger charge is 2.21. The number of rotatable bonds is 4. The van der Waals surface area contributed by atoms with Crippen molar-refractivity contribution in [3.05, 3.63) is 62.7 Å². The maximum absolute atomic E-state index is 13.3. The summed E-state index contributed by atoms with van der Waals surface area (Å²) in [5, 5.41) is 4.14. The van der Waals surface area contributed by atoms with Gasteiger partial charge in [-0.15, -0.1) is 0 Å². The molecule has 2 heterocycles. The Balaban J connectivity index is 1.71. The number of carbonyl (C=O) groups excluding carboxylic acids is 1. The molecule has 0 unspecified atom stereocenters. The number of hydrogen-bond donors (Lipinski definition) is 1. The lowest BCUT2D eigenvalue weighted by molar-refractivity contribution is -0.117. The SMILES string of the molecule is CN1CCN(CC(=O)Nc2oc3ccc(Cl)cc3c(=O)c2-c2ccc(Cl)cc2)CC1. The Bertz CT molecular complexity index is 1140. The second kappa shape index (κ2) is 8.78. The fourth-order valence-electron chi connectivity index (χ4n) is 3.51. The largest absolute Gasteiger partial charge is 0.439 e. The summed E-state index contributed by atoms with van der Waals surface area (Å²) < 4.78 is 5.94. The highest BCUT2D eigenvalue weighted by atomic mass is 35.5. The van der Waals surface area contributed by atoms with Crippen LogP contribution in [0, 0.1) is 0 Å². The molecule has 0 saturated carbocycles. The average molecular weight is 446 g/mol. The van der Waals surface area contributed by atoms with Crippen LogP contribution >= 0.6 is 23.2 Å². The van der Waals surface area contributed by atoms with Crippen molar-refractivity contribution in [2.24, 2.45) is 0 Å². The van der Waals surface area contributed by atoms with Gasteiger partial charge in [-0.1, -0.05) is 35.3 Å². The molecule has 2 aromatic carbocycles. The van der Waals surface area contributed by atoms with Gasteiger partial charge in [-0.3, -0.25) is 19.8 Å². The first kappa shape index (κ1) is 20.9. The van der Waals surface area contributed by atoms with Crippen LogP contribution in [0.25, 0.3) is 22.1 Å². The van der Waals surface area contributed by atoms with Gasteiger partial charge in [0.15, 0.2) is 0 Å². The smallest absolute Gasteiger partial charge is 0.240 e. The van der Waals surface area contributed by atoms with E-state index in [1.54, 1.807) is 42.5 Å². The van der Waals surface area contributed by atoms with E-state index in [0.717, 1.165) is 26.2 Å². The van der Waals surface area contributed by atoms with Crippen molar-refractivity contribution in [2.45, 2.75) is 0 Å². The van der Waals surface area contributed by atoms with Gasteiger partial charge in [0.05, 0.1) is 17.5 Å². The number of anilines is 1. The number of fused-ring (bicyclic) bond motifs is 1. The van der Waals surface area contributed by atoms with Crippen LogP contribution < -0.4 is 10.7 Å². The van der Waals surface area contributed by atoms with Gasteiger partial charge < -0.3 is 9.32 Å². The maximum atomic E-state index is 13.3. The van der Waals surface area contributed by atoms with Crippen molar-refractivity contribution in [2.75, 3.05) is 45.1 Å². The Morgan fingerprint density at radius 1 is 1.03 bits per heavy atom. The number of benzene rings is 2. The highest BCUT2D eigenvalue weighted by Crippen LogP contribution is 2.30. The molecular weight excluding hydrogens is 425 g/mol. The van der Waals surface area contributed by atoms with Crippen LogP contribution in [-0.2, 0) is 4.79 Å². The van der Waals surface area contributed by atoms with Gasteiger partial charge in [-0.25, -0.2) is 0 Å². The lowest BCUT2D eigenvalue weighted by atomic mass is 10.0. The second-order valence-corrected chi connectivity index (χ2v) is 8.28. The Morgan fingerprint density at radius 2 is 1.70 bits per heavy atom. The summed E-state index contributed by atoms with van der Waals surface area (Å²) in [7, 11) is 2.06. The molecule has 1 aliphatic rings. The quantitative estimate of drug-likeness (QED) is 0.658. The van der Waals surface area contributed by atoms with Crippen molar-refractivity contribution >= 4 is 46.0 Å². The molecule has 6 nitrogen and oxygen atoms in total. The normalized spacial score (nSPS) is 15.4. The number of nitrogens with zero attached hydrogens (tertiary/aromatic N) is 2. The van der Waals surface area contributed by atoms with E-state index in [2.05, 4.69) is 22.2 Å². The molecule has 0 spiro atoms. The van der Waals surface area contributed by atoms with Crippen molar-refractivity contribution < 1.29 is 9.21 Å². The van der Waals surface area contributed by atoms with Gasteiger partial charge in [0, 0.05) is 36.2 Å². The lowest BCUT2D eigenvalue weighted by Crippen LogP contribution is -2.47. The summed E-state index contributed by atoms with van der Waals surface area (Å²) in [6.07, 6.45) is 0. The number of piperazine rings is 1. The molecule has 4 rings (SSSR count). The molecule has 3 aromatic rings. The minimum Gasteiger partial charge on any atom is -0.439 e. The van der Waals surface area contributed by atoms with E-state index in [9.17, 15) is 9.59 Å². The van der Waals surface area contributed by atoms with Gasteiger partial charge in [0.2, 0.25) is 17.2 Å². The third-order valence-electron chi connectivity index (χ3n) is 5.20. The van der Waals surface area contributed by atoms with Crippen LogP contribution in [0.3, 0.4) is 0 Å². The van der Waals surface area contributed by atoms with Crippen molar-refractivity contribution in [3.8, 4) is 11.1 Å². The van der Waals surface area contributed by atoms with Gasteiger partial charge in [0.25, 0.3) is 0 Å². The van der Waals surface area contributed by atoms with E-state index >= 15 is 0 Å². The number of likely N-dealkylation sites (N-methyl/N-ethyl adjacent to an activating group) is 1. The van der Waals surface area contributed by atoms with Crippen molar-refractivity contribution in [3.63, 3.8) is 0 Å². The van der Waals surface area contributed by atoms with E-state index in [1.165, 1.54) is 0 Å². The van der Waals surface area contributed by atoms with Gasteiger partial charge in [-0.05, 0) is 42.9 Å². The molecule has 8 heteroatoms. The molecule has 0 radical (unpaired) electrons. The molecule has 156 valence electrons. The van der Waals surface area contributed by atoms with Gasteiger partial charge in [-0.2, -0.15) is 0 Å².